The fraction of sp³-hybridized carbons (Fsp3) is 0.455. The Morgan fingerprint density at radius 2 is 2.19 bits per heavy atom. The van der Waals surface area contributed by atoms with Gasteiger partial charge in [-0.15, -0.1) is 0 Å². The molecule has 1 aliphatic rings. The molecule has 0 atom stereocenters. The molecule has 5 heteroatoms. The molecule has 2 rings (SSSR count). The van der Waals surface area contributed by atoms with E-state index in [0.29, 0.717) is 19.1 Å². The Kier molecular flexibility index (Phi) is 3.36. The first-order valence-electron chi connectivity index (χ1n) is 5.20. The molecule has 0 aliphatic carbocycles. The van der Waals surface area contributed by atoms with Gasteiger partial charge in [-0.25, -0.2) is 9.78 Å². The summed E-state index contributed by atoms with van der Waals surface area (Å²) >= 11 is 0. The van der Waals surface area contributed by atoms with Crippen molar-refractivity contribution in [2.45, 2.75) is 18.9 Å². The highest BCUT2D eigenvalue weighted by Crippen LogP contribution is 2.15. The lowest BCUT2D eigenvalue weighted by molar-refractivity contribution is 0.0235. The van der Waals surface area contributed by atoms with Crippen molar-refractivity contribution < 1.29 is 19.4 Å². The molecule has 1 aromatic heterocycles. The number of aromatic carboxylic acids is 1. The Morgan fingerprint density at radius 1 is 1.44 bits per heavy atom. The van der Waals surface area contributed by atoms with Crippen LogP contribution in [0.25, 0.3) is 0 Å². The summed E-state index contributed by atoms with van der Waals surface area (Å²) in [5, 5.41) is 8.78. The quantitative estimate of drug-likeness (QED) is 0.837. The summed E-state index contributed by atoms with van der Waals surface area (Å²) in [5.74, 6) is -0.677. The van der Waals surface area contributed by atoms with Crippen molar-refractivity contribution in [3.05, 3.63) is 23.9 Å². The Labute approximate surface area is 93.0 Å². The fourth-order valence-corrected chi connectivity index (χ4v) is 1.56. The molecule has 2 heterocycles. The number of ether oxygens (including phenoxy) is 2. The number of aromatic nitrogens is 1. The minimum absolute atomic E-state index is 0.00422. The van der Waals surface area contributed by atoms with Crippen molar-refractivity contribution in [2.75, 3.05) is 13.2 Å². The van der Waals surface area contributed by atoms with E-state index in [1.54, 1.807) is 12.1 Å². The van der Waals surface area contributed by atoms with E-state index in [1.807, 2.05) is 0 Å². The van der Waals surface area contributed by atoms with Gasteiger partial charge < -0.3 is 14.6 Å². The average Bonchev–Trinajstić information content (AvgIpc) is 2.30. The predicted octanol–water partition coefficient (Wildman–Crippen LogP) is 1.34. The van der Waals surface area contributed by atoms with Crippen LogP contribution in [-0.2, 0) is 4.74 Å². The number of pyridine rings is 1. The average molecular weight is 223 g/mol. The first-order chi connectivity index (χ1) is 7.75. The van der Waals surface area contributed by atoms with Crippen molar-refractivity contribution >= 4 is 5.97 Å². The Balaban J connectivity index is 2.02. The van der Waals surface area contributed by atoms with Crippen molar-refractivity contribution in [2.24, 2.45) is 0 Å². The van der Waals surface area contributed by atoms with Crippen LogP contribution in [0.4, 0.5) is 0 Å². The fourth-order valence-electron chi connectivity index (χ4n) is 1.56. The van der Waals surface area contributed by atoms with Crippen molar-refractivity contribution in [3.8, 4) is 5.88 Å². The summed E-state index contributed by atoms with van der Waals surface area (Å²) in [6.45, 7) is 1.37. The first kappa shape index (κ1) is 10.9. The normalized spacial score (nSPS) is 17.0. The van der Waals surface area contributed by atoms with Crippen LogP contribution < -0.4 is 4.74 Å². The molecule has 1 fully saturated rings. The molecule has 0 unspecified atom stereocenters. The van der Waals surface area contributed by atoms with Gasteiger partial charge in [0.05, 0.1) is 13.2 Å². The zero-order valence-electron chi connectivity index (χ0n) is 8.76. The van der Waals surface area contributed by atoms with Gasteiger partial charge in [-0.1, -0.05) is 6.07 Å². The molecule has 0 radical (unpaired) electrons. The molecule has 0 amide bonds. The van der Waals surface area contributed by atoms with Gasteiger partial charge in [0.25, 0.3) is 0 Å². The monoisotopic (exact) mass is 223 g/mol. The number of hydrogen-bond donors (Lipinski definition) is 1. The second kappa shape index (κ2) is 4.94. The van der Waals surface area contributed by atoms with Gasteiger partial charge in [0.1, 0.15) is 6.10 Å². The smallest absolute Gasteiger partial charge is 0.354 e. The van der Waals surface area contributed by atoms with Crippen LogP contribution in [0.15, 0.2) is 18.2 Å². The van der Waals surface area contributed by atoms with Crippen LogP contribution in [0.3, 0.4) is 0 Å². The van der Waals surface area contributed by atoms with Gasteiger partial charge in [-0.2, -0.15) is 0 Å². The van der Waals surface area contributed by atoms with Gasteiger partial charge in [-0.3, -0.25) is 0 Å². The van der Waals surface area contributed by atoms with Crippen molar-refractivity contribution in [1.82, 2.24) is 4.98 Å². The van der Waals surface area contributed by atoms with Gasteiger partial charge in [0.15, 0.2) is 5.69 Å². The number of hydrogen-bond acceptors (Lipinski definition) is 4. The summed E-state index contributed by atoms with van der Waals surface area (Å²) in [6, 6.07) is 4.74. The minimum Gasteiger partial charge on any atom is -0.477 e. The van der Waals surface area contributed by atoms with Gasteiger partial charge in [-0.05, 0) is 6.07 Å². The summed E-state index contributed by atoms with van der Waals surface area (Å²) in [4.78, 5) is 14.6. The van der Waals surface area contributed by atoms with E-state index in [0.717, 1.165) is 12.8 Å². The van der Waals surface area contributed by atoms with Crippen LogP contribution in [0.5, 0.6) is 5.88 Å². The SMILES string of the molecule is O=C(O)c1cccc(OC2CCOCC2)n1. The summed E-state index contributed by atoms with van der Waals surface area (Å²) in [5.41, 5.74) is 0.00422. The molecule has 0 saturated carbocycles. The molecule has 1 aromatic rings. The maximum atomic E-state index is 10.7. The van der Waals surface area contributed by atoms with E-state index in [-0.39, 0.29) is 11.8 Å². The number of carbonyl (C=O) groups is 1. The summed E-state index contributed by atoms with van der Waals surface area (Å²) < 4.78 is 10.8. The molecule has 1 aliphatic heterocycles. The molecule has 5 nitrogen and oxygen atoms in total. The van der Waals surface area contributed by atoms with E-state index in [4.69, 9.17) is 14.6 Å². The van der Waals surface area contributed by atoms with E-state index < -0.39 is 5.97 Å². The van der Waals surface area contributed by atoms with Crippen molar-refractivity contribution in [1.29, 1.82) is 0 Å². The zero-order valence-corrected chi connectivity index (χ0v) is 8.76. The van der Waals surface area contributed by atoms with Crippen LogP contribution in [-0.4, -0.2) is 35.4 Å². The molecular formula is C11H13NO4. The molecule has 0 aromatic carbocycles. The molecule has 16 heavy (non-hydrogen) atoms. The van der Waals surface area contributed by atoms with E-state index in [2.05, 4.69) is 4.98 Å². The number of nitrogens with zero attached hydrogens (tertiary/aromatic N) is 1. The highest BCUT2D eigenvalue weighted by atomic mass is 16.5. The van der Waals surface area contributed by atoms with Gasteiger partial charge >= 0.3 is 5.97 Å². The summed E-state index contributed by atoms with van der Waals surface area (Å²) in [7, 11) is 0. The summed E-state index contributed by atoms with van der Waals surface area (Å²) in [6.07, 6.45) is 1.71. The molecule has 0 bridgehead atoms. The van der Waals surface area contributed by atoms with E-state index >= 15 is 0 Å². The zero-order chi connectivity index (χ0) is 11.4. The van der Waals surface area contributed by atoms with E-state index in [9.17, 15) is 4.79 Å². The highest BCUT2D eigenvalue weighted by molar-refractivity contribution is 5.85. The van der Waals surface area contributed by atoms with Gasteiger partial charge in [0, 0.05) is 18.9 Å². The standard InChI is InChI=1S/C11H13NO4/c13-11(14)9-2-1-3-10(12-9)16-8-4-6-15-7-5-8/h1-3,8H,4-7H2,(H,13,14). The molecule has 86 valence electrons. The largest absolute Gasteiger partial charge is 0.477 e. The second-order valence-corrected chi connectivity index (χ2v) is 3.60. The predicted molar refractivity (Wildman–Crippen MR) is 55.7 cm³/mol. The Hall–Kier alpha value is -1.62. The molecule has 1 N–H and O–H groups in total. The third-order valence-electron chi connectivity index (χ3n) is 2.40. The number of carboxylic acid groups (broad SMARTS) is 1. The maximum Gasteiger partial charge on any atom is 0.354 e. The minimum atomic E-state index is -1.04. The van der Waals surface area contributed by atoms with E-state index in [1.165, 1.54) is 6.07 Å². The molecular weight excluding hydrogens is 210 g/mol. The first-order valence-corrected chi connectivity index (χ1v) is 5.20. The lowest BCUT2D eigenvalue weighted by Gasteiger charge is -2.22. The highest BCUT2D eigenvalue weighted by Gasteiger charge is 2.16. The Bertz CT molecular complexity index is 374. The third-order valence-corrected chi connectivity index (χ3v) is 2.40. The van der Waals surface area contributed by atoms with Crippen LogP contribution >= 0.6 is 0 Å². The second-order valence-electron chi connectivity index (χ2n) is 3.60. The lowest BCUT2D eigenvalue weighted by Crippen LogP contribution is -2.26. The van der Waals surface area contributed by atoms with Gasteiger partial charge in [0.2, 0.25) is 5.88 Å². The van der Waals surface area contributed by atoms with Crippen LogP contribution in [0, 0.1) is 0 Å². The molecule has 1 saturated heterocycles. The number of carboxylic acids is 1. The van der Waals surface area contributed by atoms with Crippen molar-refractivity contribution in [3.63, 3.8) is 0 Å². The van der Waals surface area contributed by atoms with Crippen LogP contribution in [0.2, 0.25) is 0 Å². The van der Waals surface area contributed by atoms with Crippen LogP contribution in [0.1, 0.15) is 23.3 Å². The Morgan fingerprint density at radius 3 is 2.88 bits per heavy atom. The number of rotatable bonds is 3. The maximum absolute atomic E-state index is 10.7. The molecule has 0 spiro atoms. The lowest BCUT2D eigenvalue weighted by atomic mass is 10.1. The third kappa shape index (κ3) is 2.70. The topological polar surface area (TPSA) is 68.7 Å².